The number of amidine groups is 1. The molecular weight excluding hydrogens is 232 g/mol. The molecule has 0 spiro atoms. The molecule has 0 saturated carbocycles. The predicted molar refractivity (Wildman–Crippen MR) is 71.6 cm³/mol. The Hall–Kier alpha value is -1.72. The first kappa shape index (κ1) is 11.8. The Kier molecular flexibility index (Phi) is 3.51. The number of hydrogen-bond donors (Lipinski definition) is 2. The molecule has 0 aromatic carbocycles. The zero-order valence-electron chi connectivity index (χ0n) is 9.77. The van der Waals surface area contributed by atoms with Crippen LogP contribution in [0.3, 0.4) is 0 Å². The second kappa shape index (κ2) is 5.07. The van der Waals surface area contributed by atoms with E-state index in [2.05, 4.69) is 15.4 Å². The van der Waals surface area contributed by atoms with Gasteiger partial charge in [-0.15, -0.1) is 11.3 Å². The Bertz CT molecular complexity index is 511. The van der Waals surface area contributed by atoms with Gasteiger partial charge in [-0.05, 0) is 43.0 Å². The third-order valence-electron chi connectivity index (χ3n) is 2.20. The van der Waals surface area contributed by atoms with E-state index in [1.54, 1.807) is 11.3 Å². The Morgan fingerprint density at radius 2 is 2.24 bits per heavy atom. The Balaban J connectivity index is 2.39. The van der Waals surface area contributed by atoms with E-state index >= 15 is 0 Å². The molecule has 5 heteroatoms. The van der Waals surface area contributed by atoms with Crippen molar-refractivity contribution in [3.8, 4) is 0 Å². The number of aryl methyl sites for hydroxylation is 2. The molecule has 2 heterocycles. The molecule has 0 radical (unpaired) electrons. The van der Waals surface area contributed by atoms with E-state index in [9.17, 15) is 0 Å². The Labute approximate surface area is 104 Å². The number of nitrogens with one attached hydrogen (secondary N) is 1. The molecule has 2 aromatic rings. The summed E-state index contributed by atoms with van der Waals surface area (Å²) in [5.41, 5.74) is 4.70. The summed E-state index contributed by atoms with van der Waals surface area (Å²) in [6.07, 6.45) is 0. The van der Waals surface area contributed by atoms with Crippen molar-refractivity contribution in [2.24, 2.45) is 10.8 Å². The topological polar surface area (TPSA) is 63.3 Å². The molecule has 0 fully saturated rings. The maximum absolute atomic E-state index is 5.49. The third-order valence-corrected chi connectivity index (χ3v) is 3.08. The number of aromatic nitrogens is 1. The van der Waals surface area contributed by atoms with Crippen molar-refractivity contribution in [3.63, 3.8) is 0 Å². The number of hydrogen-bond acceptors (Lipinski definition) is 4. The molecule has 4 nitrogen and oxygen atoms in total. The van der Waals surface area contributed by atoms with E-state index in [-0.39, 0.29) is 0 Å². The lowest BCUT2D eigenvalue weighted by Crippen LogP contribution is -2.30. The largest absolute Gasteiger partial charge is 0.307 e. The van der Waals surface area contributed by atoms with Gasteiger partial charge in [0.15, 0.2) is 11.7 Å². The number of pyridine rings is 1. The van der Waals surface area contributed by atoms with Crippen molar-refractivity contribution in [3.05, 3.63) is 45.8 Å². The van der Waals surface area contributed by atoms with Gasteiger partial charge in [0.25, 0.3) is 0 Å². The standard InChI is InChI=1S/C12H14N4S/c1-8-6-9(2)14-11(7-8)15-12(16-13)10-4-3-5-17-10/h3-7H,13H2,1-2H3,(H,14,15,16). The van der Waals surface area contributed by atoms with Crippen LogP contribution in [0.1, 0.15) is 16.1 Å². The van der Waals surface area contributed by atoms with Crippen LogP contribution in [-0.4, -0.2) is 10.8 Å². The average molecular weight is 246 g/mol. The van der Waals surface area contributed by atoms with Crippen molar-refractivity contribution in [1.82, 2.24) is 10.4 Å². The lowest BCUT2D eigenvalue weighted by molar-refractivity contribution is 1.02. The molecule has 0 bridgehead atoms. The monoisotopic (exact) mass is 246 g/mol. The summed E-state index contributed by atoms with van der Waals surface area (Å²) < 4.78 is 0. The lowest BCUT2D eigenvalue weighted by Gasteiger charge is -2.04. The molecule has 2 rings (SSSR count). The van der Waals surface area contributed by atoms with Crippen LogP contribution in [-0.2, 0) is 0 Å². The quantitative estimate of drug-likeness (QED) is 0.370. The fourth-order valence-electron chi connectivity index (χ4n) is 1.56. The fourth-order valence-corrected chi connectivity index (χ4v) is 2.24. The van der Waals surface area contributed by atoms with Crippen LogP contribution < -0.4 is 11.3 Å². The minimum atomic E-state index is 0.637. The molecular formula is C12H14N4S. The lowest BCUT2D eigenvalue weighted by atomic mass is 10.2. The van der Waals surface area contributed by atoms with E-state index in [0.29, 0.717) is 11.7 Å². The van der Waals surface area contributed by atoms with Gasteiger partial charge in [0.05, 0.1) is 4.88 Å². The normalized spacial score (nSPS) is 11.6. The fraction of sp³-hybridized carbons (Fsp3) is 0.167. The summed E-state index contributed by atoms with van der Waals surface area (Å²) in [6, 6.07) is 7.87. The number of rotatable bonds is 2. The summed E-state index contributed by atoms with van der Waals surface area (Å²) in [7, 11) is 0. The van der Waals surface area contributed by atoms with Crippen LogP contribution in [0.2, 0.25) is 0 Å². The summed E-state index contributed by atoms with van der Waals surface area (Å²) >= 11 is 1.58. The highest BCUT2D eigenvalue weighted by Crippen LogP contribution is 2.15. The van der Waals surface area contributed by atoms with Gasteiger partial charge < -0.3 is 5.43 Å². The predicted octanol–water partition coefficient (Wildman–Crippen LogP) is 2.30. The third kappa shape index (κ3) is 2.89. The van der Waals surface area contributed by atoms with Crippen LogP contribution >= 0.6 is 11.3 Å². The zero-order chi connectivity index (χ0) is 12.3. The van der Waals surface area contributed by atoms with Gasteiger partial charge in [-0.25, -0.2) is 15.8 Å². The molecule has 0 aliphatic heterocycles. The first-order valence-corrected chi connectivity index (χ1v) is 6.11. The number of nitrogens with zero attached hydrogens (tertiary/aromatic N) is 2. The van der Waals surface area contributed by atoms with Crippen LogP contribution in [0.5, 0.6) is 0 Å². The minimum Gasteiger partial charge on any atom is -0.307 e. The summed E-state index contributed by atoms with van der Waals surface area (Å²) in [6.45, 7) is 3.97. The van der Waals surface area contributed by atoms with Gasteiger partial charge in [0.1, 0.15) is 0 Å². The second-order valence-corrected chi connectivity index (χ2v) is 4.67. The van der Waals surface area contributed by atoms with E-state index < -0.39 is 0 Å². The van der Waals surface area contributed by atoms with Gasteiger partial charge in [0.2, 0.25) is 0 Å². The van der Waals surface area contributed by atoms with E-state index in [4.69, 9.17) is 5.84 Å². The van der Waals surface area contributed by atoms with Gasteiger partial charge in [-0.3, -0.25) is 0 Å². The molecule has 0 unspecified atom stereocenters. The molecule has 0 atom stereocenters. The zero-order valence-corrected chi connectivity index (χ0v) is 10.6. The second-order valence-electron chi connectivity index (χ2n) is 3.73. The van der Waals surface area contributed by atoms with Crippen molar-refractivity contribution in [2.45, 2.75) is 13.8 Å². The molecule has 17 heavy (non-hydrogen) atoms. The van der Waals surface area contributed by atoms with Crippen LogP contribution in [0.15, 0.2) is 34.6 Å². The van der Waals surface area contributed by atoms with Gasteiger partial charge in [-0.1, -0.05) is 6.07 Å². The first-order valence-electron chi connectivity index (χ1n) is 5.23. The minimum absolute atomic E-state index is 0.637. The summed E-state index contributed by atoms with van der Waals surface area (Å²) in [4.78, 5) is 9.77. The SMILES string of the molecule is Cc1cc(C)nc(/N=C(\NN)c2cccs2)c1. The first-order chi connectivity index (χ1) is 8.19. The van der Waals surface area contributed by atoms with Gasteiger partial charge in [0, 0.05) is 5.69 Å². The number of hydrazine groups is 1. The Morgan fingerprint density at radius 3 is 2.82 bits per heavy atom. The van der Waals surface area contributed by atoms with E-state index in [1.807, 2.05) is 43.5 Å². The van der Waals surface area contributed by atoms with Gasteiger partial charge in [-0.2, -0.15) is 0 Å². The average Bonchev–Trinajstić information content (AvgIpc) is 2.77. The molecule has 0 aliphatic carbocycles. The highest BCUT2D eigenvalue weighted by Gasteiger charge is 2.04. The molecule has 88 valence electrons. The van der Waals surface area contributed by atoms with Crippen molar-refractivity contribution in [2.75, 3.05) is 0 Å². The van der Waals surface area contributed by atoms with E-state index in [0.717, 1.165) is 16.1 Å². The van der Waals surface area contributed by atoms with Crippen LogP contribution in [0.4, 0.5) is 5.82 Å². The summed E-state index contributed by atoms with van der Waals surface area (Å²) in [5.74, 6) is 6.79. The highest BCUT2D eigenvalue weighted by molar-refractivity contribution is 7.12. The van der Waals surface area contributed by atoms with Crippen molar-refractivity contribution in [1.29, 1.82) is 0 Å². The molecule has 3 N–H and O–H groups in total. The molecule has 0 saturated heterocycles. The van der Waals surface area contributed by atoms with Gasteiger partial charge >= 0.3 is 0 Å². The van der Waals surface area contributed by atoms with Crippen molar-refractivity contribution >= 4 is 23.0 Å². The smallest absolute Gasteiger partial charge is 0.159 e. The number of thiophene rings is 1. The Morgan fingerprint density at radius 1 is 1.41 bits per heavy atom. The number of nitrogens with two attached hydrogens (primary N) is 1. The molecule has 2 aromatic heterocycles. The molecule has 0 aliphatic rings. The maximum Gasteiger partial charge on any atom is 0.159 e. The highest BCUT2D eigenvalue weighted by atomic mass is 32.1. The maximum atomic E-state index is 5.49. The molecule has 0 amide bonds. The van der Waals surface area contributed by atoms with Crippen LogP contribution in [0.25, 0.3) is 0 Å². The number of aliphatic imine (C=N–C) groups is 1. The van der Waals surface area contributed by atoms with Crippen LogP contribution in [0, 0.1) is 13.8 Å². The summed E-state index contributed by atoms with van der Waals surface area (Å²) in [5, 5.41) is 1.98. The van der Waals surface area contributed by atoms with E-state index in [1.165, 1.54) is 0 Å². The van der Waals surface area contributed by atoms with Crippen molar-refractivity contribution < 1.29 is 0 Å².